The molecule has 0 aromatic heterocycles. The summed E-state index contributed by atoms with van der Waals surface area (Å²) < 4.78 is 0. The second-order valence-electron chi connectivity index (χ2n) is 4.93. The van der Waals surface area contributed by atoms with Gasteiger partial charge in [0.1, 0.15) is 0 Å². The van der Waals surface area contributed by atoms with Crippen LogP contribution in [-0.2, 0) is 9.59 Å². The normalized spacial score (nSPS) is 20.6. The number of aliphatic carboxylic acids is 1. The average Bonchev–Trinajstić information content (AvgIpc) is 2.66. The fraction of sp³-hybridized carbons (Fsp3) is 0.429. The number of carboxylic acid groups (broad SMARTS) is 1. The monoisotopic (exact) mass is 263 g/mol. The minimum atomic E-state index is -0.959. The molecule has 1 aliphatic heterocycles. The first-order valence-electron chi connectivity index (χ1n) is 6.23. The Hall–Kier alpha value is -1.88. The number of benzene rings is 1. The first-order valence-corrected chi connectivity index (χ1v) is 6.23. The standard InChI is InChI=1S/C14H17NO4/c1-9-2-4-10(5-3-9)12(7-14(18)19)15-8-11(16)6-13(15)17/h2-5,11-12,16H,6-8H2,1H3,(H,18,19). The predicted molar refractivity (Wildman–Crippen MR) is 68.5 cm³/mol. The van der Waals surface area contributed by atoms with Crippen LogP contribution >= 0.6 is 0 Å². The molecule has 5 nitrogen and oxygen atoms in total. The second-order valence-corrected chi connectivity index (χ2v) is 4.93. The molecule has 2 N–H and O–H groups in total. The molecule has 1 fully saturated rings. The van der Waals surface area contributed by atoms with Gasteiger partial charge < -0.3 is 15.1 Å². The number of carbonyl (C=O) groups excluding carboxylic acids is 1. The number of carboxylic acids is 1. The van der Waals surface area contributed by atoms with E-state index in [1.807, 2.05) is 31.2 Å². The van der Waals surface area contributed by atoms with Gasteiger partial charge in [-0.3, -0.25) is 9.59 Å². The minimum Gasteiger partial charge on any atom is -0.481 e. The number of carbonyl (C=O) groups is 2. The van der Waals surface area contributed by atoms with Crippen LogP contribution in [0.1, 0.15) is 30.0 Å². The van der Waals surface area contributed by atoms with Crippen LogP contribution in [0.4, 0.5) is 0 Å². The van der Waals surface area contributed by atoms with E-state index in [0.717, 1.165) is 11.1 Å². The van der Waals surface area contributed by atoms with E-state index < -0.39 is 18.1 Å². The lowest BCUT2D eigenvalue weighted by atomic mass is 10.0. The number of aryl methyl sites for hydroxylation is 1. The van der Waals surface area contributed by atoms with Gasteiger partial charge >= 0.3 is 5.97 Å². The number of hydrogen-bond acceptors (Lipinski definition) is 3. The van der Waals surface area contributed by atoms with Crippen LogP contribution in [0.5, 0.6) is 0 Å². The summed E-state index contributed by atoms with van der Waals surface area (Å²) in [7, 11) is 0. The summed E-state index contributed by atoms with van der Waals surface area (Å²) in [6.07, 6.45) is -0.780. The van der Waals surface area contributed by atoms with Crippen molar-refractivity contribution in [3.05, 3.63) is 35.4 Å². The Kier molecular flexibility index (Phi) is 3.85. The van der Waals surface area contributed by atoms with Gasteiger partial charge in [-0.05, 0) is 12.5 Å². The van der Waals surface area contributed by atoms with Crippen molar-refractivity contribution >= 4 is 11.9 Å². The highest BCUT2D eigenvalue weighted by Crippen LogP contribution is 2.29. The van der Waals surface area contributed by atoms with Crippen molar-refractivity contribution in [1.29, 1.82) is 0 Å². The molecule has 0 spiro atoms. The summed E-state index contributed by atoms with van der Waals surface area (Å²) >= 11 is 0. The van der Waals surface area contributed by atoms with Crippen LogP contribution in [0.3, 0.4) is 0 Å². The van der Waals surface area contributed by atoms with Crippen molar-refractivity contribution in [3.8, 4) is 0 Å². The fourth-order valence-corrected chi connectivity index (χ4v) is 2.38. The Morgan fingerprint density at radius 2 is 2.05 bits per heavy atom. The van der Waals surface area contributed by atoms with Crippen LogP contribution in [-0.4, -0.2) is 39.6 Å². The van der Waals surface area contributed by atoms with Crippen molar-refractivity contribution in [2.24, 2.45) is 0 Å². The third-order valence-corrected chi connectivity index (χ3v) is 3.34. The van der Waals surface area contributed by atoms with Crippen molar-refractivity contribution in [2.75, 3.05) is 6.54 Å². The zero-order valence-corrected chi connectivity index (χ0v) is 10.7. The summed E-state index contributed by atoms with van der Waals surface area (Å²) in [4.78, 5) is 24.3. The minimum absolute atomic E-state index is 0.0714. The lowest BCUT2D eigenvalue weighted by molar-refractivity contribution is -0.139. The number of aliphatic hydroxyl groups excluding tert-OH is 1. The molecule has 5 heteroatoms. The maximum Gasteiger partial charge on any atom is 0.305 e. The molecule has 0 bridgehead atoms. The molecule has 2 unspecified atom stereocenters. The maximum atomic E-state index is 11.8. The molecule has 1 heterocycles. The van der Waals surface area contributed by atoms with Crippen molar-refractivity contribution in [1.82, 2.24) is 4.90 Å². The van der Waals surface area contributed by atoms with Gasteiger partial charge in [0.05, 0.1) is 25.0 Å². The van der Waals surface area contributed by atoms with Gasteiger partial charge in [0.2, 0.25) is 5.91 Å². The lowest BCUT2D eigenvalue weighted by Gasteiger charge is -2.27. The quantitative estimate of drug-likeness (QED) is 0.852. The van der Waals surface area contributed by atoms with Crippen LogP contribution in [0.2, 0.25) is 0 Å². The smallest absolute Gasteiger partial charge is 0.305 e. The molecule has 0 saturated carbocycles. The molecule has 0 aliphatic carbocycles. The van der Waals surface area contributed by atoms with Gasteiger partial charge in [0.25, 0.3) is 0 Å². The zero-order valence-electron chi connectivity index (χ0n) is 10.7. The summed E-state index contributed by atoms with van der Waals surface area (Å²) in [6.45, 7) is 2.14. The molecule has 2 atom stereocenters. The van der Waals surface area contributed by atoms with E-state index in [2.05, 4.69) is 0 Å². The topological polar surface area (TPSA) is 77.8 Å². The van der Waals surface area contributed by atoms with Crippen LogP contribution < -0.4 is 0 Å². The number of aliphatic hydroxyl groups is 1. The van der Waals surface area contributed by atoms with E-state index in [-0.39, 0.29) is 25.3 Å². The highest BCUT2D eigenvalue weighted by molar-refractivity contribution is 5.80. The van der Waals surface area contributed by atoms with Crippen molar-refractivity contribution < 1.29 is 19.8 Å². The Balaban J connectivity index is 2.28. The van der Waals surface area contributed by atoms with Crippen LogP contribution in [0.15, 0.2) is 24.3 Å². The molecular formula is C14H17NO4. The molecule has 1 amide bonds. The summed E-state index contributed by atoms with van der Waals surface area (Å²) in [6, 6.07) is 6.94. The van der Waals surface area contributed by atoms with Gasteiger partial charge in [-0.15, -0.1) is 0 Å². The first kappa shape index (κ1) is 13.5. The van der Waals surface area contributed by atoms with E-state index in [4.69, 9.17) is 5.11 Å². The number of rotatable bonds is 4. The summed E-state index contributed by atoms with van der Waals surface area (Å²) in [5, 5.41) is 18.5. The average molecular weight is 263 g/mol. The Labute approximate surface area is 111 Å². The van der Waals surface area contributed by atoms with Gasteiger partial charge in [0, 0.05) is 6.54 Å². The SMILES string of the molecule is Cc1ccc(C(CC(=O)O)N2CC(O)CC2=O)cc1. The molecule has 2 rings (SSSR count). The molecule has 1 saturated heterocycles. The molecule has 0 radical (unpaired) electrons. The van der Waals surface area contributed by atoms with Crippen LogP contribution in [0.25, 0.3) is 0 Å². The van der Waals surface area contributed by atoms with E-state index in [1.54, 1.807) is 0 Å². The van der Waals surface area contributed by atoms with Gasteiger partial charge in [-0.1, -0.05) is 29.8 Å². The van der Waals surface area contributed by atoms with E-state index >= 15 is 0 Å². The first-order chi connectivity index (χ1) is 8.97. The van der Waals surface area contributed by atoms with Gasteiger partial charge in [-0.2, -0.15) is 0 Å². The fourth-order valence-electron chi connectivity index (χ4n) is 2.38. The third-order valence-electron chi connectivity index (χ3n) is 3.34. The van der Waals surface area contributed by atoms with Crippen LogP contribution in [0, 0.1) is 6.92 Å². The predicted octanol–water partition coefficient (Wildman–Crippen LogP) is 1.10. The van der Waals surface area contributed by atoms with E-state index in [1.165, 1.54) is 4.90 Å². The third kappa shape index (κ3) is 3.12. The van der Waals surface area contributed by atoms with Crippen molar-refractivity contribution in [3.63, 3.8) is 0 Å². The number of amides is 1. The molecule has 1 aliphatic rings. The molecule has 1 aromatic carbocycles. The Bertz CT molecular complexity index is 483. The maximum absolute atomic E-state index is 11.8. The second kappa shape index (κ2) is 5.40. The summed E-state index contributed by atoms with van der Waals surface area (Å²) in [5.41, 5.74) is 1.86. The molecule has 19 heavy (non-hydrogen) atoms. The number of likely N-dealkylation sites (tertiary alicyclic amines) is 1. The highest BCUT2D eigenvalue weighted by Gasteiger charge is 2.35. The van der Waals surface area contributed by atoms with Gasteiger partial charge in [-0.25, -0.2) is 0 Å². The number of β-amino-alcohol motifs (C(OH)–C–C–N with tert-alkyl or cyclic N) is 1. The molecule has 1 aromatic rings. The Morgan fingerprint density at radius 1 is 1.42 bits per heavy atom. The van der Waals surface area contributed by atoms with Crippen molar-refractivity contribution in [2.45, 2.75) is 31.9 Å². The Morgan fingerprint density at radius 3 is 2.53 bits per heavy atom. The summed E-state index contributed by atoms with van der Waals surface area (Å²) in [5.74, 6) is -1.15. The van der Waals surface area contributed by atoms with Gasteiger partial charge in [0.15, 0.2) is 0 Å². The molecular weight excluding hydrogens is 246 g/mol. The largest absolute Gasteiger partial charge is 0.481 e. The number of nitrogens with zero attached hydrogens (tertiary/aromatic N) is 1. The lowest BCUT2D eigenvalue weighted by Crippen LogP contribution is -2.32. The molecule has 102 valence electrons. The number of hydrogen-bond donors (Lipinski definition) is 2. The zero-order chi connectivity index (χ0) is 14.0. The van der Waals surface area contributed by atoms with E-state index in [0.29, 0.717) is 0 Å². The van der Waals surface area contributed by atoms with E-state index in [9.17, 15) is 14.7 Å². The highest BCUT2D eigenvalue weighted by atomic mass is 16.4.